The number of aromatic nitrogens is 3. The maximum atomic E-state index is 12.6. The quantitative estimate of drug-likeness (QED) is 0.169. The summed E-state index contributed by atoms with van der Waals surface area (Å²) < 4.78 is 81.0. The van der Waals surface area contributed by atoms with Gasteiger partial charge in [-0.2, -0.15) is 0 Å². The third kappa shape index (κ3) is 9.11. The average Bonchev–Trinajstić information content (AvgIpc) is 3.66. The molecule has 0 spiro atoms. The van der Waals surface area contributed by atoms with E-state index in [2.05, 4.69) is 110 Å². The van der Waals surface area contributed by atoms with E-state index < -0.39 is 36.9 Å². The number of phenols is 1. The summed E-state index contributed by atoms with van der Waals surface area (Å²) in [7, 11) is 0. The average molecular weight is 1020 g/mol. The number of fused-ring (bicyclic) bond motifs is 1. The van der Waals surface area contributed by atoms with Crippen LogP contribution in [0.4, 0.5) is 0 Å². The molecule has 0 fully saturated rings. The molecule has 2 heterocycles. The topological polar surface area (TPSA) is 50.9 Å². The van der Waals surface area contributed by atoms with Gasteiger partial charge in [0.25, 0.3) is 0 Å². The maximum Gasteiger partial charge on any atom is 0.148 e. The van der Waals surface area contributed by atoms with Crippen molar-refractivity contribution in [3.05, 3.63) is 168 Å². The molecule has 0 aliphatic rings. The number of aromatic hydroxyl groups is 1. The van der Waals surface area contributed by atoms with E-state index in [1.165, 1.54) is 12.1 Å². The zero-order chi connectivity index (χ0) is 51.9. The van der Waals surface area contributed by atoms with E-state index in [9.17, 15) is 5.11 Å². The van der Waals surface area contributed by atoms with Crippen LogP contribution in [-0.2, 0) is 42.7 Å². The minimum absolute atomic E-state index is 0. The van der Waals surface area contributed by atoms with E-state index in [0.717, 1.165) is 44.6 Å². The molecule has 6 aromatic carbocycles. The summed E-state index contributed by atoms with van der Waals surface area (Å²) in [6.45, 7) is 8.38. The Morgan fingerprint density at radius 2 is 1.16 bits per heavy atom. The van der Waals surface area contributed by atoms with Crippen molar-refractivity contribution in [3.63, 3.8) is 0 Å². The van der Waals surface area contributed by atoms with Crippen LogP contribution < -0.4 is 0 Å². The summed E-state index contributed by atoms with van der Waals surface area (Å²) in [5.41, 5.74) is 4.86. The van der Waals surface area contributed by atoms with Gasteiger partial charge < -0.3 is 5.11 Å². The van der Waals surface area contributed by atoms with Crippen LogP contribution in [0.1, 0.15) is 117 Å². The van der Waals surface area contributed by atoms with Crippen molar-refractivity contribution in [1.82, 2.24) is 14.5 Å². The minimum atomic E-state index is -3.55. The molecule has 0 atom stereocenters. The number of para-hydroxylation sites is 1. The van der Waals surface area contributed by atoms with Gasteiger partial charge in [0.2, 0.25) is 0 Å². The van der Waals surface area contributed by atoms with E-state index >= 15 is 0 Å². The number of rotatable bonds is 6. The molecule has 0 unspecified atom stereocenters. The van der Waals surface area contributed by atoms with E-state index in [-0.39, 0.29) is 48.8 Å². The van der Waals surface area contributed by atoms with Gasteiger partial charge in [0.1, 0.15) is 11.6 Å². The van der Waals surface area contributed by atoms with Crippen LogP contribution in [0.25, 0.3) is 72.7 Å². The van der Waals surface area contributed by atoms with Crippen LogP contribution in [-0.4, -0.2) is 19.6 Å². The Morgan fingerprint density at radius 3 is 1.79 bits per heavy atom. The summed E-state index contributed by atoms with van der Waals surface area (Å²) in [4.78, 5) is 10.1. The molecule has 0 amide bonds. The molecule has 8 aromatic rings. The van der Waals surface area contributed by atoms with Gasteiger partial charge in [-0.25, -0.2) is 4.98 Å². The van der Waals surface area contributed by atoms with Gasteiger partial charge in [0.05, 0.1) is 22.3 Å². The van der Waals surface area contributed by atoms with Crippen molar-refractivity contribution >= 4 is 11.0 Å². The van der Waals surface area contributed by atoms with Crippen molar-refractivity contribution in [3.8, 4) is 67.5 Å². The smallest absolute Gasteiger partial charge is 0.148 e. The normalized spacial score (nSPS) is 15.1. The first-order chi connectivity index (χ1) is 32.9. The number of benzene rings is 6. The Bertz CT molecular complexity index is 3250. The van der Waals surface area contributed by atoms with Gasteiger partial charge in [-0.15, -0.1) is 29.3 Å². The molecule has 1 N–H and O–H groups in total. The van der Waals surface area contributed by atoms with E-state index in [0.29, 0.717) is 33.7 Å². The van der Waals surface area contributed by atoms with Crippen LogP contribution in [0.5, 0.6) is 5.75 Å². The summed E-state index contributed by atoms with van der Waals surface area (Å²) in [5, 5.41) is 12.6. The first kappa shape index (κ1) is 34.9. The van der Waals surface area contributed by atoms with Gasteiger partial charge in [-0.05, 0) is 79.8 Å². The van der Waals surface area contributed by atoms with Crippen LogP contribution in [0.15, 0.2) is 140 Å². The molecule has 0 radical (unpaired) electrons. The number of hydrogen-bond donors (Lipinski definition) is 1. The zero-order valence-electron chi connectivity index (χ0n) is 46.4. The third-order valence-corrected chi connectivity index (χ3v) is 11.6. The molecule has 0 saturated carbocycles. The molecular weight excluding hydrogens is 950 g/mol. The van der Waals surface area contributed by atoms with Crippen molar-refractivity contribution < 1.29 is 38.5 Å². The Labute approximate surface area is 402 Å². The monoisotopic (exact) mass is 1020 g/mol. The molecule has 324 valence electrons. The largest absolute Gasteiger partial charge is 0.507 e. The van der Waals surface area contributed by atoms with Gasteiger partial charge >= 0.3 is 0 Å². The van der Waals surface area contributed by atoms with E-state index in [4.69, 9.17) is 17.3 Å². The molecule has 2 aromatic heterocycles. The first-order valence-electron chi connectivity index (χ1n) is 25.6. The van der Waals surface area contributed by atoms with Crippen LogP contribution in [0.3, 0.4) is 0 Å². The number of phenolic OH excluding ortho intramolecular Hbond substituents is 1. The van der Waals surface area contributed by atoms with Crippen LogP contribution >= 0.6 is 0 Å². The van der Waals surface area contributed by atoms with Gasteiger partial charge in [0, 0.05) is 56.4 Å². The summed E-state index contributed by atoms with van der Waals surface area (Å²) in [5.74, 6) is 0.479. The molecule has 0 bridgehead atoms. The molecule has 8 rings (SSSR count). The van der Waals surface area contributed by atoms with Crippen LogP contribution in [0, 0.1) is 6.07 Å². The minimum Gasteiger partial charge on any atom is -0.507 e. The Morgan fingerprint density at radius 1 is 0.540 bits per heavy atom. The number of nitrogens with zero attached hydrogens (tertiary/aromatic N) is 3. The fourth-order valence-corrected chi connectivity index (χ4v) is 8.05. The standard InChI is InChI=1S/C58H60N3O.Pt/c1-55(2,3)42-26-27-50(46(34-42)38-22-17-14-18-23-38)61-51-25-19-24-45(52(51)60-54(61)47-35-44(57(7,8)9)36-48(53(47)62)58(10,11)12)40-30-41(32-43(31-40)56(4,5)6)49-33-39(28-29-59-49)37-20-15-13-16-21-37;/h13-29,31-36,62H,1-12H3;/q-1;/i4D3,5D3,6D3;. The molecule has 63 heavy (non-hydrogen) atoms. The van der Waals surface area contributed by atoms with Crippen molar-refractivity contribution in [2.24, 2.45) is 0 Å². The Balaban J connectivity index is 0.00000760. The molecule has 0 saturated heterocycles. The fourth-order valence-electron chi connectivity index (χ4n) is 8.05. The second-order valence-electron chi connectivity index (χ2n) is 19.5. The summed E-state index contributed by atoms with van der Waals surface area (Å²) in [6, 6.07) is 45.2. The Kier molecular flexibility index (Phi) is 9.32. The Hall–Kier alpha value is -5.57. The second kappa shape index (κ2) is 16.9. The zero-order valence-corrected chi connectivity index (χ0v) is 39.7. The molecule has 0 aliphatic heterocycles. The van der Waals surface area contributed by atoms with Crippen molar-refractivity contribution in [2.45, 2.75) is 105 Å². The van der Waals surface area contributed by atoms with E-state index in [1.807, 2.05) is 77.4 Å². The fraction of sp³-hybridized carbons (Fsp3) is 0.276. The molecule has 4 nitrogen and oxygen atoms in total. The molecular formula is C58H60N3OPt-. The number of pyridine rings is 1. The van der Waals surface area contributed by atoms with Crippen molar-refractivity contribution in [1.29, 1.82) is 0 Å². The third-order valence-electron chi connectivity index (χ3n) is 11.6. The summed E-state index contributed by atoms with van der Waals surface area (Å²) in [6.07, 6.45) is 1.59. The maximum absolute atomic E-state index is 12.6. The van der Waals surface area contributed by atoms with Crippen LogP contribution in [0.2, 0.25) is 0 Å². The predicted octanol–water partition coefficient (Wildman–Crippen LogP) is 15.4. The van der Waals surface area contributed by atoms with E-state index in [1.54, 1.807) is 18.3 Å². The number of hydrogen-bond acceptors (Lipinski definition) is 3. The first-order valence-corrected chi connectivity index (χ1v) is 21.1. The van der Waals surface area contributed by atoms with Crippen molar-refractivity contribution in [2.75, 3.05) is 0 Å². The van der Waals surface area contributed by atoms with Gasteiger partial charge in [-0.3, -0.25) is 9.55 Å². The second-order valence-corrected chi connectivity index (χ2v) is 19.5. The molecule has 5 heteroatoms. The molecule has 0 aliphatic carbocycles. The summed E-state index contributed by atoms with van der Waals surface area (Å²) >= 11 is 0. The van der Waals surface area contributed by atoms with Gasteiger partial charge in [-0.1, -0.05) is 185 Å². The van der Waals surface area contributed by atoms with Gasteiger partial charge in [0.15, 0.2) is 0 Å². The SMILES string of the molecule is [2H]C([2H])([2H])C(c1cc(-c2cc(-c3ccccc3)ccn2)[c-]c(-c2cccc3c2nc(-c2cc(C(C)(C)C)cc(C(C)(C)C)c2O)n3-c2ccc(C(C)(C)C)cc2-c2ccccc2)c1)(C([2H])([2H])[2H])C([2H])([2H])[2H].[Pt]. The number of imidazole rings is 1. The predicted molar refractivity (Wildman–Crippen MR) is 261 cm³/mol.